The third-order valence-corrected chi connectivity index (χ3v) is 6.67. The number of fused-ring (bicyclic) bond motifs is 1. The van der Waals surface area contributed by atoms with Gasteiger partial charge in [0.2, 0.25) is 5.95 Å². The number of amides is 1. The number of benzene rings is 1. The van der Waals surface area contributed by atoms with E-state index in [0.29, 0.717) is 38.8 Å². The number of allylic oxidation sites excluding steroid dienone is 1. The van der Waals surface area contributed by atoms with Crippen LogP contribution in [-0.2, 0) is 4.79 Å². The lowest BCUT2D eigenvalue weighted by atomic mass is 10.0. The molecule has 4 aromatic rings. The summed E-state index contributed by atoms with van der Waals surface area (Å²) in [6, 6.07) is 12.3. The number of carbonyl (C=O) groups excluding carboxylic acids is 1. The van der Waals surface area contributed by atoms with Crippen LogP contribution in [0.2, 0.25) is 10.0 Å². The first-order valence-corrected chi connectivity index (χ1v) is 11.3. The van der Waals surface area contributed by atoms with Crippen LogP contribution in [0, 0.1) is 0 Å². The maximum Gasteiger partial charge on any atom is 0.255 e. The minimum absolute atomic E-state index is 0.237. The first kappa shape index (κ1) is 20.7. The second-order valence-electron chi connectivity index (χ2n) is 7.11. The van der Waals surface area contributed by atoms with Crippen LogP contribution in [0.25, 0.3) is 11.4 Å². The Labute approximate surface area is 197 Å². The Balaban J connectivity index is 1.58. The van der Waals surface area contributed by atoms with Gasteiger partial charge in [-0.3, -0.25) is 9.78 Å². The molecule has 1 atom stereocenters. The number of anilines is 2. The van der Waals surface area contributed by atoms with Crippen molar-refractivity contribution in [3.63, 3.8) is 0 Å². The molecule has 0 saturated carbocycles. The van der Waals surface area contributed by atoms with E-state index in [1.165, 1.54) is 0 Å². The molecule has 0 radical (unpaired) electrons. The minimum Gasteiger partial charge on any atom is -0.328 e. The van der Waals surface area contributed by atoms with Gasteiger partial charge in [-0.1, -0.05) is 29.3 Å². The van der Waals surface area contributed by atoms with Gasteiger partial charge in [0.1, 0.15) is 6.04 Å². The standard InChI is InChI=1S/C22H16Cl2N6OS/c1-12-18(21(31)27-14-4-2-8-25-11-14)19(17-5-3-9-32-17)30-22(26-12)28-20(29-30)13-6-7-15(23)16(24)10-13/h2-11,19H,1H3,(H,27,31)(H,26,28,29). The summed E-state index contributed by atoms with van der Waals surface area (Å²) < 4.78 is 1.73. The van der Waals surface area contributed by atoms with E-state index in [9.17, 15) is 4.79 Å². The number of hydrogen-bond donors (Lipinski definition) is 2. The average Bonchev–Trinajstić information content (AvgIpc) is 3.45. The topological polar surface area (TPSA) is 84.7 Å². The van der Waals surface area contributed by atoms with Crippen LogP contribution >= 0.6 is 34.5 Å². The van der Waals surface area contributed by atoms with E-state index in [4.69, 9.17) is 28.3 Å². The predicted molar refractivity (Wildman–Crippen MR) is 127 cm³/mol. The van der Waals surface area contributed by atoms with Gasteiger partial charge < -0.3 is 10.6 Å². The van der Waals surface area contributed by atoms with Crippen LogP contribution in [0.4, 0.5) is 11.6 Å². The van der Waals surface area contributed by atoms with Crippen molar-refractivity contribution in [3.05, 3.63) is 86.4 Å². The number of carbonyl (C=O) groups is 1. The summed E-state index contributed by atoms with van der Waals surface area (Å²) in [5.74, 6) is 0.785. The number of nitrogens with zero attached hydrogens (tertiary/aromatic N) is 4. The Bertz CT molecular complexity index is 1330. The molecule has 0 fully saturated rings. The van der Waals surface area contributed by atoms with Gasteiger partial charge in [0, 0.05) is 22.3 Å². The van der Waals surface area contributed by atoms with Gasteiger partial charge in [-0.2, -0.15) is 4.98 Å². The monoisotopic (exact) mass is 482 g/mol. The number of aromatic nitrogens is 4. The van der Waals surface area contributed by atoms with Crippen molar-refractivity contribution in [1.82, 2.24) is 19.7 Å². The van der Waals surface area contributed by atoms with Crippen LogP contribution in [0.3, 0.4) is 0 Å². The molecule has 5 rings (SSSR count). The smallest absolute Gasteiger partial charge is 0.255 e. The zero-order valence-corrected chi connectivity index (χ0v) is 19.0. The highest BCUT2D eigenvalue weighted by atomic mass is 35.5. The van der Waals surface area contributed by atoms with Crippen molar-refractivity contribution >= 4 is 52.1 Å². The summed E-state index contributed by atoms with van der Waals surface area (Å²) in [7, 11) is 0. The Morgan fingerprint density at radius 2 is 2.06 bits per heavy atom. The van der Waals surface area contributed by atoms with Crippen molar-refractivity contribution < 1.29 is 4.79 Å². The highest BCUT2D eigenvalue weighted by Gasteiger charge is 2.35. The third kappa shape index (κ3) is 3.77. The van der Waals surface area contributed by atoms with Crippen LogP contribution in [0.15, 0.2) is 71.5 Å². The number of rotatable bonds is 4. The number of halogens is 2. The maximum absolute atomic E-state index is 13.3. The third-order valence-electron chi connectivity index (χ3n) is 5.01. The van der Waals surface area contributed by atoms with Crippen molar-refractivity contribution in [2.24, 2.45) is 0 Å². The molecule has 160 valence electrons. The minimum atomic E-state index is -0.438. The molecule has 0 spiro atoms. The molecule has 1 aromatic carbocycles. The summed E-state index contributed by atoms with van der Waals surface area (Å²) in [5.41, 5.74) is 2.59. The van der Waals surface area contributed by atoms with Gasteiger partial charge >= 0.3 is 0 Å². The molecule has 1 unspecified atom stereocenters. The Morgan fingerprint density at radius 1 is 1.19 bits per heavy atom. The lowest BCUT2D eigenvalue weighted by Gasteiger charge is -2.27. The van der Waals surface area contributed by atoms with Crippen molar-refractivity contribution in [1.29, 1.82) is 0 Å². The van der Waals surface area contributed by atoms with Gasteiger partial charge in [0.05, 0.1) is 27.5 Å². The highest BCUT2D eigenvalue weighted by molar-refractivity contribution is 7.10. The summed E-state index contributed by atoms with van der Waals surface area (Å²) in [6.07, 6.45) is 3.26. The first-order valence-electron chi connectivity index (χ1n) is 9.66. The molecule has 1 amide bonds. The summed E-state index contributed by atoms with van der Waals surface area (Å²) >= 11 is 13.8. The van der Waals surface area contributed by atoms with Gasteiger partial charge in [0.25, 0.3) is 5.91 Å². The van der Waals surface area contributed by atoms with E-state index in [1.54, 1.807) is 52.7 Å². The highest BCUT2D eigenvalue weighted by Crippen LogP contribution is 2.39. The van der Waals surface area contributed by atoms with Crippen molar-refractivity contribution in [3.8, 4) is 11.4 Å². The van der Waals surface area contributed by atoms with Crippen LogP contribution in [0.1, 0.15) is 17.8 Å². The fourth-order valence-corrected chi connectivity index (χ4v) is 4.66. The summed E-state index contributed by atoms with van der Waals surface area (Å²) in [4.78, 5) is 23.0. The van der Waals surface area contributed by atoms with Gasteiger partial charge in [-0.05, 0) is 48.7 Å². The summed E-state index contributed by atoms with van der Waals surface area (Å²) in [5, 5.41) is 13.7. The SMILES string of the molecule is CC1=C(C(=O)Nc2cccnc2)C(c2cccs2)n2nc(-c3ccc(Cl)c(Cl)c3)nc2N1. The molecule has 0 bridgehead atoms. The van der Waals surface area contributed by atoms with Crippen molar-refractivity contribution in [2.75, 3.05) is 10.6 Å². The van der Waals surface area contributed by atoms with E-state index in [0.717, 1.165) is 10.4 Å². The molecular formula is C22H16Cl2N6OS. The average molecular weight is 483 g/mol. The van der Waals surface area contributed by atoms with E-state index < -0.39 is 6.04 Å². The van der Waals surface area contributed by atoms with E-state index in [2.05, 4.69) is 20.6 Å². The number of pyridine rings is 1. The lowest BCUT2D eigenvalue weighted by Crippen LogP contribution is -2.31. The molecule has 1 aliphatic rings. The fraction of sp³-hybridized carbons (Fsp3) is 0.0909. The van der Waals surface area contributed by atoms with E-state index in [1.807, 2.05) is 30.5 Å². The quantitative estimate of drug-likeness (QED) is 0.393. The van der Waals surface area contributed by atoms with Crippen LogP contribution < -0.4 is 10.6 Å². The number of thiophene rings is 1. The molecule has 7 nitrogen and oxygen atoms in total. The molecular weight excluding hydrogens is 467 g/mol. The molecule has 0 aliphatic carbocycles. The largest absolute Gasteiger partial charge is 0.328 e. The summed E-state index contributed by atoms with van der Waals surface area (Å²) in [6.45, 7) is 1.86. The normalized spacial score (nSPS) is 15.3. The number of hydrogen-bond acceptors (Lipinski definition) is 6. The first-order chi connectivity index (χ1) is 15.5. The van der Waals surface area contributed by atoms with Crippen LogP contribution in [0.5, 0.6) is 0 Å². The maximum atomic E-state index is 13.3. The second kappa shape index (κ2) is 8.38. The Kier molecular flexibility index (Phi) is 5.42. The van der Waals surface area contributed by atoms with Crippen LogP contribution in [-0.4, -0.2) is 25.7 Å². The molecule has 32 heavy (non-hydrogen) atoms. The second-order valence-corrected chi connectivity index (χ2v) is 8.90. The number of nitrogens with one attached hydrogen (secondary N) is 2. The zero-order chi connectivity index (χ0) is 22.2. The molecule has 4 heterocycles. The van der Waals surface area contributed by atoms with Gasteiger partial charge in [-0.25, -0.2) is 4.68 Å². The van der Waals surface area contributed by atoms with Crippen molar-refractivity contribution in [2.45, 2.75) is 13.0 Å². The molecule has 0 saturated heterocycles. The van der Waals surface area contributed by atoms with E-state index >= 15 is 0 Å². The zero-order valence-electron chi connectivity index (χ0n) is 16.7. The molecule has 2 N–H and O–H groups in total. The van der Waals surface area contributed by atoms with E-state index in [-0.39, 0.29) is 5.91 Å². The predicted octanol–water partition coefficient (Wildman–Crippen LogP) is 5.64. The fourth-order valence-electron chi connectivity index (χ4n) is 3.55. The molecule has 1 aliphatic heterocycles. The molecule has 3 aromatic heterocycles. The molecule has 10 heteroatoms. The van der Waals surface area contributed by atoms with Gasteiger partial charge in [0.15, 0.2) is 5.82 Å². The Morgan fingerprint density at radius 3 is 2.78 bits per heavy atom. The Hall–Kier alpha value is -3.20. The lowest BCUT2D eigenvalue weighted by molar-refractivity contribution is -0.113. The van der Waals surface area contributed by atoms with Gasteiger partial charge in [-0.15, -0.1) is 16.4 Å².